The number of aliphatic carboxylic acids is 1. The van der Waals surface area contributed by atoms with E-state index in [1.165, 1.54) is 11.1 Å². The molecule has 6 heteroatoms. The molecule has 33 heavy (non-hydrogen) atoms. The number of benzene rings is 2. The predicted octanol–water partition coefficient (Wildman–Crippen LogP) is 5.30. The van der Waals surface area contributed by atoms with E-state index in [2.05, 4.69) is 53.2 Å². The van der Waals surface area contributed by atoms with Gasteiger partial charge in [0.15, 0.2) is 0 Å². The van der Waals surface area contributed by atoms with E-state index in [1.54, 1.807) is 6.20 Å². The molecule has 6 nitrogen and oxygen atoms in total. The summed E-state index contributed by atoms with van der Waals surface area (Å²) < 4.78 is 12.1. The standard InChI is InChI=1S/C27H28N2O4/c1-2-11-29(21-5-4-10-28-15-21)24-7-3-6-23-19(17-33-27(23)24)12-18-8-9-22-20(14-26(30)31)16-32-25(22)13-18/h3-10,13,15,19-20H,2,11-12,14,16-17H2,1H3,(H,30,31)/t19?,20-/m1/s1. The van der Waals surface area contributed by atoms with Crippen LogP contribution in [0.15, 0.2) is 60.9 Å². The molecule has 2 aliphatic heterocycles. The average molecular weight is 445 g/mol. The number of rotatable bonds is 8. The third-order valence-corrected chi connectivity index (χ3v) is 6.45. The number of anilines is 2. The van der Waals surface area contributed by atoms with Crippen molar-refractivity contribution in [2.24, 2.45) is 0 Å². The summed E-state index contributed by atoms with van der Waals surface area (Å²) in [6.45, 7) is 4.13. The number of nitrogens with zero attached hydrogens (tertiary/aromatic N) is 2. The number of carboxylic acid groups (broad SMARTS) is 1. The van der Waals surface area contributed by atoms with Crippen molar-refractivity contribution < 1.29 is 19.4 Å². The highest BCUT2D eigenvalue weighted by atomic mass is 16.5. The average Bonchev–Trinajstić information content (AvgIpc) is 3.42. The molecule has 0 bridgehead atoms. The Morgan fingerprint density at radius 1 is 1.09 bits per heavy atom. The van der Waals surface area contributed by atoms with Gasteiger partial charge in [-0.2, -0.15) is 0 Å². The fourth-order valence-electron chi connectivity index (χ4n) is 4.91. The second-order valence-corrected chi connectivity index (χ2v) is 8.75. The minimum Gasteiger partial charge on any atom is -0.493 e. The number of fused-ring (bicyclic) bond motifs is 2. The molecule has 1 unspecified atom stereocenters. The van der Waals surface area contributed by atoms with Crippen LogP contribution in [-0.4, -0.2) is 35.8 Å². The molecule has 0 fully saturated rings. The normalized spacial score (nSPS) is 18.2. The number of pyridine rings is 1. The summed E-state index contributed by atoms with van der Waals surface area (Å²) in [6, 6.07) is 16.6. The first-order chi connectivity index (χ1) is 16.1. The van der Waals surface area contributed by atoms with E-state index in [0.29, 0.717) is 13.2 Å². The van der Waals surface area contributed by atoms with Gasteiger partial charge in [0.05, 0.1) is 37.2 Å². The molecule has 2 aliphatic rings. The van der Waals surface area contributed by atoms with Gasteiger partial charge in [-0.25, -0.2) is 0 Å². The molecule has 170 valence electrons. The summed E-state index contributed by atoms with van der Waals surface area (Å²) in [7, 11) is 0. The van der Waals surface area contributed by atoms with Crippen LogP contribution in [0.1, 0.15) is 48.3 Å². The minimum absolute atomic E-state index is 0.0679. The minimum atomic E-state index is -0.792. The Hall–Kier alpha value is -3.54. The van der Waals surface area contributed by atoms with Crippen molar-refractivity contribution in [1.82, 2.24) is 4.98 Å². The van der Waals surface area contributed by atoms with Crippen LogP contribution in [0.4, 0.5) is 11.4 Å². The molecule has 0 radical (unpaired) electrons. The summed E-state index contributed by atoms with van der Waals surface area (Å²) in [6.07, 6.45) is 5.64. The largest absolute Gasteiger partial charge is 0.493 e. The number of aromatic nitrogens is 1. The number of carbonyl (C=O) groups is 1. The molecule has 3 heterocycles. The summed E-state index contributed by atoms with van der Waals surface area (Å²) in [5, 5.41) is 9.13. The van der Waals surface area contributed by atoms with Gasteiger partial charge in [0.25, 0.3) is 0 Å². The molecule has 5 rings (SSSR count). The van der Waals surface area contributed by atoms with Gasteiger partial charge in [-0.15, -0.1) is 0 Å². The zero-order chi connectivity index (χ0) is 22.8. The number of carboxylic acids is 1. The lowest BCUT2D eigenvalue weighted by molar-refractivity contribution is -0.137. The molecule has 0 saturated heterocycles. The van der Waals surface area contributed by atoms with Crippen LogP contribution in [0, 0.1) is 0 Å². The number of ether oxygens (including phenoxy) is 2. The molecule has 0 aliphatic carbocycles. The molecule has 0 saturated carbocycles. The molecule has 0 spiro atoms. The fourth-order valence-corrected chi connectivity index (χ4v) is 4.91. The van der Waals surface area contributed by atoms with Gasteiger partial charge >= 0.3 is 5.97 Å². The van der Waals surface area contributed by atoms with E-state index in [1.807, 2.05) is 18.3 Å². The first-order valence-electron chi connectivity index (χ1n) is 11.5. The Morgan fingerprint density at radius 2 is 1.97 bits per heavy atom. The van der Waals surface area contributed by atoms with E-state index in [0.717, 1.165) is 47.8 Å². The van der Waals surface area contributed by atoms with Crippen molar-refractivity contribution in [2.45, 2.75) is 38.0 Å². The zero-order valence-corrected chi connectivity index (χ0v) is 18.7. The Kier molecular flexibility index (Phi) is 5.90. The molecular weight excluding hydrogens is 416 g/mol. The number of hydrogen-bond acceptors (Lipinski definition) is 5. The quantitative estimate of drug-likeness (QED) is 0.508. The SMILES string of the molecule is CCCN(c1cccnc1)c1cccc2c1OCC2Cc1ccc2c(c1)OC[C@H]2CC(=O)O. The Bertz CT molecular complexity index is 1150. The molecular formula is C27H28N2O4. The van der Waals surface area contributed by atoms with E-state index >= 15 is 0 Å². The lowest BCUT2D eigenvalue weighted by Crippen LogP contribution is -2.18. The van der Waals surface area contributed by atoms with Crippen molar-refractivity contribution in [3.63, 3.8) is 0 Å². The smallest absolute Gasteiger partial charge is 0.304 e. The number of para-hydroxylation sites is 1. The zero-order valence-electron chi connectivity index (χ0n) is 18.7. The molecule has 1 N–H and O–H groups in total. The van der Waals surface area contributed by atoms with Crippen LogP contribution in [-0.2, 0) is 11.2 Å². The van der Waals surface area contributed by atoms with Gasteiger partial charge in [0.1, 0.15) is 11.5 Å². The maximum absolute atomic E-state index is 11.1. The van der Waals surface area contributed by atoms with E-state index < -0.39 is 5.97 Å². The summed E-state index contributed by atoms with van der Waals surface area (Å²) in [5.74, 6) is 1.17. The van der Waals surface area contributed by atoms with Gasteiger partial charge in [0, 0.05) is 35.7 Å². The van der Waals surface area contributed by atoms with Crippen LogP contribution in [0.25, 0.3) is 0 Å². The van der Waals surface area contributed by atoms with Crippen molar-refractivity contribution in [1.29, 1.82) is 0 Å². The second kappa shape index (κ2) is 9.14. The third-order valence-electron chi connectivity index (χ3n) is 6.45. The van der Waals surface area contributed by atoms with Gasteiger partial charge < -0.3 is 19.5 Å². The highest BCUT2D eigenvalue weighted by Gasteiger charge is 2.30. The summed E-state index contributed by atoms with van der Waals surface area (Å²) in [5.41, 5.74) is 5.54. The molecule has 2 aromatic carbocycles. The van der Waals surface area contributed by atoms with Crippen LogP contribution in [0.5, 0.6) is 11.5 Å². The van der Waals surface area contributed by atoms with Crippen molar-refractivity contribution in [2.75, 3.05) is 24.7 Å². The van der Waals surface area contributed by atoms with Crippen LogP contribution < -0.4 is 14.4 Å². The topological polar surface area (TPSA) is 71.9 Å². The van der Waals surface area contributed by atoms with Crippen LogP contribution in [0.2, 0.25) is 0 Å². The van der Waals surface area contributed by atoms with Gasteiger partial charge in [0.2, 0.25) is 0 Å². The maximum atomic E-state index is 11.1. The summed E-state index contributed by atoms with van der Waals surface area (Å²) in [4.78, 5) is 17.7. The number of hydrogen-bond donors (Lipinski definition) is 1. The fraction of sp³-hybridized carbons (Fsp3) is 0.333. The lowest BCUT2D eigenvalue weighted by Gasteiger charge is -2.25. The molecule has 2 atom stereocenters. The van der Waals surface area contributed by atoms with Gasteiger partial charge in [-0.3, -0.25) is 9.78 Å². The van der Waals surface area contributed by atoms with E-state index in [9.17, 15) is 4.79 Å². The highest BCUT2D eigenvalue weighted by Crippen LogP contribution is 2.45. The third kappa shape index (κ3) is 4.25. The van der Waals surface area contributed by atoms with Crippen LogP contribution in [0.3, 0.4) is 0 Å². The monoisotopic (exact) mass is 444 g/mol. The maximum Gasteiger partial charge on any atom is 0.304 e. The lowest BCUT2D eigenvalue weighted by atomic mass is 9.91. The molecule has 3 aromatic rings. The second-order valence-electron chi connectivity index (χ2n) is 8.75. The van der Waals surface area contributed by atoms with Crippen molar-refractivity contribution in [3.05, 3.63) is 77.6 Å². The van der Waals surface area contributed by atoms with Crippen molar-refractivity contribution in [3.8, 4) is 11.5 Å². The first-order valence-corrected chi connectivity index (χ1v) is 11.5. The summed E-state index contributed by atoms with van der Waals surface area (Å²) >= 11 is 0. The van der Waals surface area contributed by atoms with Gasteiger partial charge in [-0.05, 0) is 42.7 Å². The van der Waals surface area contributed by atoms with Gasteiger partial charge in [-0.1, -0.05) is 31.2 Å². The van der Waals surface area contributed by atoms with E-state index in [4.69, 9.17) is 14.6 Å². The van der Waals surface area contributed by atoms with E-state index in [-0.39, 0.29) is 18.3 Å². The Morgan fingerprint density at radius 3 is 2.76 bits per heavy atom. The first kappa shape index (κ1) is 21.3. The van der Waals surface area contributed by atoms with Crippen LogP contribution >= 0.6 is 0 Å². The molecule has 0 amide bonds. The predicted molar refractivity (Wildman–Crippen MR) is 127 cm³/mol. The Balaban J connectivity index is 1.39. The highest BCUT2D eigenvalue weighted by molar-refractivity contribution is 5.72. The van der Waals surface area contributed by atoms with Crippen molar-refractivity contribution >= 4 is 17.3 Å². The molecule has 1 aromatic heterocycles. The Labute approximate surface area is 193 Å².